The summed E-state index contributed by atoms with van der Waals surface area (Å²) >= 11 is 1.81. The fraction of sp³-hybridized carbons (Fsp3) is 0. The van der Waals surface area contributed by atoms with Gasteiger partial charge in [-0.3, -0.25) is 0 Å². The topological polar surface area (TPSA) is 6.48 Å². The van der Waals surface area contributed by atoms with Gasteiger partial charge in [0.05, 0.1) is 0 Å². The Bertz CT molecular complexity index is 1180. The summed E-state index contributed by atoms with van der Waals surface area (Å²) in [7, 11) is 0. The average Bonchev–Trinajstić information content (AvgIpc) is 3.50. The van der Waals surface area contributed by atoms with Crippen LogP contribution in [0.1, 0.15) is 4.88 Å². The third-order valence-electron chi connectivity index (χ3n) is 5.81. The highest BCUT2D eigenvalue weighted by molar-refractivity contribution is 7.11. The number of fused-ring (bicyclic) bond motifs is 3. The maximum atomic E-state index is 2.50. The first-order valence-electron chi connectivity index (χ1n) is 9.95. The molecule has 1 aromatic heterocycles. The lowest BCUT2D eigenvalue weighted by molar-refractivity contribution is 0.686. The molecule has 0 fully saturated rings. The first kappa shape index (κ1) is 16.8. The van der Waals surface area contributed by atoms with Crippen LogP contribution in [0.5, 0.6) is 0 Å². The van der Waals surface area contributed by atoms with Gasteiger partial charge in [-0.1, -0.05) is 90.9 Å². The lowest BCUT2D eigenvalue weighted by atomic mass is 9.50. The van der Waals surface area contributed by atoms with E-state index in [0.717, 1.165) is 0 Å². The van der Waals surface area contributed by atoms with E-state index in [1.165, 1.54) is 32.6 Å². The van der Waals surface area contributed by atoms with E-state index < -0.39 is 0 Å². The van der Waals surface area contributed by atoms with Crippen LogP contribution >= 0.6 is 11.3 Å². The van der Waals surface area contributed by atoms with E-state index in [1.807, 2.05) is 0 Å². The van der Waals surface area contributed by atoms with Crippen molar-refractivity contribution in [2.75, 3.05) is 4.92 Å². The molecule has 0 atom stereocenters. The summed E-state index contributed by atoms with van der Waals surface area (Å²) in [5.41, 5.74) is 6.57. The lowest BCUT2D eigenvalue weighted by Crippen LogP contribution is -2.56. The molecule has 4 aromatic rings. The molecule has 0 aliphatic carbocycles. The molecule has 136 valence electrons. The average molecular weight is 388 g/mol. The first-order valence-corrected chi connectivity index (χ1v) is 10.8. The van der Waals surface area contributed by atoms with Gasteiger partial charge in [-0.2, -0.15) is 0 Å². The monoisotopic (exact) mass is 388 g/mol. The summed E-state index contributed by atoms with van der Waals surface area (Å²) in [5.74, 6) is 2.42. The van der Waals surface area contributed by atoms with Crippen molar-refractivity contribution in [2.24, 2.45) is 0 Å². The highest BCUT2D eigenvalue weighted by Gasteiger charge is 2.49. The standard InChI is InChI=1S/C24H18B2N2S/c1-3-10-19(11-4-1)25-18-23(24-16-9-17-29-24)28-26(20-12-5-2-6-13-20)21-14-7-8-15-22(21)27(25)28/h1-18H. The van der Waals surface area contributed by atoms with Gasteiger partial charge in [0, 0.05) is 16.3 Å². The van der Waals surface area contributed by atoms with Crippen molar-refractivity contribution in [1.29, 1.82) is 0 Å². The zero-order chi connectivity index (χ0) is 19.2. The van der Waals surface area contributed by atoms with E-state index in [0.29, 0.717) is 0 Å². The zero-order valence-corrected chi connectivity index (χ0v) is 16.7. The van der Waals surface area contributed by atoms with E-state index in [9.17, 15) is 0 Å². The summed E-state index contributed by atoms with van der Waals surface area (Å²) < 4.78 is 0. The van der Waals surface area contributed by atoms with Gasteiger partial charge in [-0.05, 0) is 33.9 Å². The van der Waals surface area contributed by atoms with Crippen molar-refractivity contribution in [1.82, 2.24) is 4.92 Å². The Hall–Kier alpha value is -3.17. The molecule has 0 saturated carbocycles. The highest BCUT2D eigenvalue weighted by atomic mass is 32.1. The first-order chi connectivity index (χ1) is 14.4. The molecule has 0 unspecified atom stereocenters. The van der Waals surface area contributed by atoms with Gasteiger partial charge >= 0.3 is 13.7 Å². The zero-order valence-electron chi connectivity index (χ0n) is 15.8. The Morgan fingerprint density at radius 1 is 0.621 bits per heavy atom. The number of hydrazine groups is 1. The summed E-state index contributed by atoms with van der Waals surface area (Å²) in [6.45, 7) is 0.359. The van der Waals surface area contributed by atoms with Crippen LogP contribution in [0, 0.1) is 0 Å². The molecule has 0 radical (unpaired) electrons. The Kier molecular flexibility index (Phi) is 3.88. The minimum absolute atomic E-state index is 0.175. The van der Waals surface area contributed by atoms with Crippen LogP contribution < -0.4 is 21.3 Å². The van der Waals surface area contributed by atoms with Crippen LogP contribution in [0.2, 0.25) is 0 Å². The van der Waals surface area contributed by atoms with Gasteiger partial charge in [0.1, 0.15) is 0 Å². The van der Waals surface area contributed by atoms with E-state index in [-0.39, 0.29) is 13.7 Å². The molecule has 2 aliphatic heterocycles. The Morgan fingerprint density at radius 2 is 1.31 bits per heavy atom. The Balaban J connectivity index is 1.58. The lowest BCUT2D eigenvalue weighted by Gasteiger charge is -2.34. The molecule has 3 aromatic carbocycles. The number of anilines is 1. The van der Waals surface area contributed by atoms with Crippen molar-refractivity contribution in [3.63, 3.8) is 0 Å². The van der Waals surface area contributed by atoms with Gasteiger partial charge in [0.15, 0.2) is 0 Å². The second kappa shape index (κ2) is 6.71. The minimum Gasteiger partial charge on any atom is -0.330 e. The molecule has 3 heterocycles. The van der Waals surface area contributed by atoms with E-state index in [4.69, 9.17) is 0 Å². The molecule has 29 heavy (non-hydrogen) atoms. The van der Waals surface area contributed by atoms with Gasteiger partial charge in [0.25, 0.3) is 0 Å². The van der Waals surface area contributed by atoms with Crippen LogP contribution in [-0.4, -0.2) is 18.6 Å². The molecule has 0 N–H and O–H groups in total. The Labute approximate surface area is 175 Å². The molecular weight excluding hydrogens is 370 g/mol. The number of nitrogens with zero attached hydrogens (tertiary/aromatic N) is 2. The molecule has 0 amide bonds. The van der Waals surface area contributed by atoms with Crippen LogP contribution in [0.25, 0.3) is 5.70 Å². The maximum absolute atomic E-state index is 2.50. The molecule has 0 bridgehead atoms. The number of para-hydroxylation sites is 1. The fourth-order valence-corrected chi connectivity index (χ4v) is 5.34. The van der Waals surface area contributed by atoms with Gasteiger partial charge in [-0.25, -0.2) is 0 Å². The number of benzene rings is 3. The second-order valence-corrected chi connectivity index (χ2v) is 8.39. The second-order valence-electron chi connectivity index (χ2n) is 7.45. The quantitative estimate of drug-likeness (QED) is 0.497. The predicted molar refractivity (Wildman–Crippen MR) is 126 cm³/mol. The van der Waals surface area contributed by atoms with Crippen LogP contribution in [-0.2, 0) is 0 Å². The normalized spacial score (nSPS) is 14.8. The fourth-order valence-electron chi connectivity index (χ4n) is 4.60. The van der Waals surface area contributed by atoms with Crippen molar-refractivity contribution < 1.29 is 0 Å². The third-order valence-corrected chi connectivity index (χ3v) is 6.70. The van der Waals surface area contributed by atoms with E-state index in [2.05, 4.69) is 118 Å². The van der Waals surface area contributed by atoms with Crippen LogP contribution in [0.15, 0.2) is 108 Å². The number of hydrogen-bond donors (Lipinski definition) is 0. The van der Waals surface area contributed by atoms with Crippen molar-refractivity contribution in [3.05, 3.63) is 113 Å². The summed E-state index contributed by atoms with van der Waals surface area (Å²) in [6, 6.07) is 34.9. The molecule has 2 aliphatic rings. The molecular formula is C24H18B2N2S. The van der Waals surface area contributed by atoms with Gasteiger partial charge in [-0.15, -0.1) is 11.3 Å². The smallest absolute Gasteiger partial charge is 0.330 e. The minimum atomic E-state index is 0.175. The van der Waals surface area contributed by atoms with Crippen LogP contribution in [0.4, 0.5) is 5.69 Å². The summed E-state index contributed by atoms with van der Waals surface area (Å²) in [4.78, 5) is 6.29. The van der Waals surface area contributed by atoms with Crippen molar-refractivity contribution in [3.8, 4) is 0 Å². The third kappa shape index (κ3) is 2.58. The molecule has 0 spiro atoms. The largest absolute Gasteiger partial charge is 0.347 e. The van der Waals surface area contributed by atoms with Crippen molar-refractivity contribution >= 4 is 52.8 Å². The summed E-state index contributed by atoms with van der Waals surface area (Å²) in [5, 5.41) is 2.16. The van der Waals surface area contributed by atoms with Crippen LogP contribution in [0.3, 0.4) is 0 Å². The number of rotatable bonds is 3. The van der Waals surface area contributed by atoms with Crippen molar-refractivity contribution in [2.45, 2.75) is 0 Å². The summed E-state index contributed by atoms with van der Waals surface area (Å²) in [6.07, 6.45) is 0. The number of hydrogen-bond acceptors (Lipinski definition) is 3. The number of thiophene rings is 1. The van der Waals surface area contributed by atoms with Gasteiger partial charge < -0.3 is 9.84 Å². The molecule has 5 heteroatoms. The SMILES string of the molecule is C1=C(c2cccs2)N2B(c3ccccc3)c3ccccc3N2B1c1ccccc1. The molecule has 6 rings (SSSR count). The maximum Gasteiger partial charge on any atom is 0.347 e. The predicted octanol–water partition coefficient (Wildman–Crippen LogP) is 3.38. The van der Waals surface area contributed by atoms with Gasteiger partial charge in [0.2, 0.25) is 0 Å². The highest BCUT2D eigenvalue weighted by Crippen LogP contribution is 2.38. The molecule has 0 saturated heterocycles. The Morgan fingerprint density at radius 3 is 2.03 bits per heavy atom. The van der Waals surface area contributed by atoms with E-state index >= 15 is 0 Å². The van der Waals surface area contributed by atoms with E-state index in [1.54, 1.807) is 11.3 Å². The molecule has 2 nitrogen and oxygen atoms in total.